The topological polar surface area (TPSA) is 104 Å². The number of amides is 2. The largest absolute Gasteiger partial charge is 0.452 e. The van der Waals surface area contributed by atoms with Gasteiger partial charge >= 0.3 is 5.97 Å². The zero-order valence-electron chi connectivity index (χ0n) is 17.3. The zero-order valence-corrected chi connectivity index (χ0v) is 17.3. The summed E-state index contributed by atoms with van der Waals surface area (Å²) in [5.41, 5.74) is 1.83. The van der Waals surface area contributed by atoms with E-state index in [-0.39, 0.29) is 11.5 Å². The van der Waals surface area contributed by atoms with Gasteiger partial charge in [-0.1, -0.05) is 55.3 Å². The van der Waals surface area contributed by atoms with E-state index in [2.05, 4.69) is 15.5 Å². The van der Waals surface area contributed by atoms with Gasteiger partial charge in [0.15, 0.2) is 6.61 Å². The van der Waals surface area contributed by atoms with Crippen molar-refractivity contribution in [2.24, 2.45) is 0 Å². The van der Waals surface area contributed by atoms with Gasteiger partial charge in [-0.25, -0.2) is 4.79 Å². The summed E-state index contributed by atoms with van der Waals surface area (Å²) in [7, 11) is 0. The van der Waals surface area contributed by atoms with Crippen LogP contribution >= 0.6 is 0 Å². The maximum absolute atomic E-state index is 13.3. The minimum atomic E-state index is -0.942. The molecular weight excluding hydrogens is 408 g/mol. The lowest BCUT2D eigenvalue weighted by Gasteiger charge is -2.44. The van der Waals surface area contributed by atoms with Crippen LogP contribution in [0, 0.1) is 0 Å². The molecule has 3 aromatic rings. The molecule has 2 amide bonds. The lowest BCUT2D eigenvalue weighted by atomic mass is 9.90. The Bertz CT molecular complexity index is 1180. The molecule has 162 valence electrons. The lowest BCUT2D eigenvalue weighted by Crippen LogP contribution is -2.61. The quantitative estimate of drug-likeness (QED) is 0.616. The van der Waals surface area contributed by atoms with Crippen LogP contribution in [0.4, 0.5) is 11.4 Å². The van der Waals surface area contributed by atoms with Gasteiger partial charge in [-0.05, 0) is 25.0 Å². The Balaban J connectivity index is 1.39. The molecule has 1 aliphatic carbocycles. The average Bonchev–Trinajstić information content (AvgIpc) is 3.50. The summed E-state index contributed by atoms with van der Waals surface area (Å²) < 4.78 is 5.39. The van der Waals surface area contributed by atoms with Crippen molar-refractivity contribution in [3.63, 3.8) is 0 Å². The highest BCUT2D eigenvalue weighted by Gasteiger charge is 2.52. The van der Waals surface area contributed by atoms with E-state index < -0.39 is 24.0 Å². The van der Waals surface area contributed by atoms with E-state index in [4.69, 9.17) is 4.74 Å². The number of nitrogens with one attached hydrogen (secondary N) is 2. The highest BCUT2D eigenvalue weighted by Crippen LogP contribution is 2.45. The maximum atomic E-state index is 13.3. The molecule has 5 rings (SSSR count). The number of esters is 1. The molecule has 0 atom stereocenters. The smallest absolute Gasteiger partial charge is 0.342 e. The van der Waals surface area contributed by atoms with Crippen LogP contribution in [-0.2, 0) is 14.3 Å². The van der Waals surface area contributed by atoms with Crippen LogP contribution in [0.15, 0.2) is 60.8 Å². The van der Waals surface area contributed by atoms with Crippen molar-refractivity contribution < 1.29 is 19.1 Å². The summed E-state index contributed by atoms with van der Waals surface area (Å²) in [6.45, 7) is -0.471. The fraction of sp³-hybridized carbons (Fsp3) is 0.250. The third kappa shape index (κ3) is 3.24. The Morgan fingerprint density at radius 1 is 1.03 bits per heavy atom. The molecule has 1 saturated carbocycles. The molecule has 1 aromatic heterocycles. The number of carbonyl (C=O) groups is 3. The Morgan fingerprint density at radius 3 is 2.53 bits per heavy atom. The molecular formula is C24H22N4O4. The average molecular weight is 430 g/mol. The van der Waals surface area contributed by atoms with Crippen LogP contribution < -0.4 is 10.2 Å². The van der Waals surface area contributed by atoms with E-state index in [0.29, 0.717) is 29.9 Å². The maximum Gasteiger partial charge on any atom is 0.342 e. The summed E-state index contributed by atoms with van der Waals surface area (Å²) in [5.74, 6) is -1.26. The fourth-order valence-electron chi connectivity index (χ4n) is 4.66. The number of hydrogen-bond acceptors (Lipinski definition) is 5. The van der Waals surface area contributed by atoms with Crippen molar-refractivity contribution in [1.82, 2.24) is 10.2 Å². The number of hydrogen-bond donors (Lipinski definition) is 2. The molecule has 0 saturated heterocycles. The zero-order chi connectivity index (χ0) is 22.1. The monoisotopic (exact) mass is 430 g/mol. The van der Waals surface area contributed by atoms with Crippen molar-refractivity contribution in [3.8, 4) is 11.3 Å². The minimum Gasteiger partial charge on any atom is -0.452 e. The number of para-hydroxylation sites is 2. The molecule has 1 spiro atoms. The summed E-state index contributed by atoms with van der Waals surface area (Å²) in [5, 5.41) is 9.71. The van der Waals surface area contributed by atoms with Gasteiger partial charge in [0.25, 0.3) is 11.8 Å². The molecule has 2 aromatic carbocycles. The normalized spacial score (nSPS) is 16.5. The molecule has 8 nitrogen and oxygen atoms in total. The second kappa shape index (κ2) is 7.96. The first-order chi connectivity index (χ1) is 15.6. The molecule has 1 fully saturated rings. The van der Waals surface area contributed by atoms with Gasteiger partial charge in [-0.2, -0.15) is 5.10 Å². The van der Waals surface area contributed by atoms with E-state index in [1.165, 1.54) is 11.1 Å². The molecule has 2 aliphatic rings. The number of fused-ring (bicyclic) bond motifs is 1. The van der Waals surface area contributed by atoms with E-state index in [0.717, 1.165) is 18.4 Å². The van der Waals surface area contributed by atoms with Gasteiger partial charge < -0.3 is 10.1 Å². The fourth-order valence-corrected chi connectivity index (χ4v) is 4.66. The van der Waals surface area contributed by atoms with E-state index in [1.54, 1.807) is 18.2 Å². The summed E-state index contributed by atoms with van der Waals surface area (Å²) >= 11 is 0. The first-order valence-electron chi connectivity index (χ1n) is 10.6. The van der Waals surface area contributed by atoms with E-state index in [9.17, 15) is 14.4 Å². The minimum absolute atomic E-state index is 0.186. The number of benzene rings is 2. The van der Waals surface area contributed by atoms with E-state index in [1.807, 2.05) is 36.4 Å². The number of carbonyl (C=O) groups excluding carboxylic acids is 3. The number of ether oxygens (including phenoxy) is 1. The second-order valence-electron chi connectivity index (χ2n) is 8.04. The molecule has 1 aliphatic heterocycles. The van der Waals surface area contributed by atoms with Crippen LogP contribution in [0.3, 0.4) is 0 Å². The van der Waals surface area contributed by atoms with Crippen molar-refractivity contribution >= 4 is 29.2 Å². The standard InChI is InChI=1S/C24H22N4O4/c29-20(15-32-22(30)17-14-25-27-21(17)16-8-2-1-3-9-16)28-19-11-5-4-10-18(19)26-23(31)24(28)12-6-7-13-24/h1-5,8-11,14H,6-7,12-13,15H2,(H,25,27)(H,26,31). The molecule has 0 unspecified atom stereocenters. The van der Waals surface area contributed by atoms with E-state index >= 15 is 0 Å². The predicted octanol–water partition coefficient (Wildman–Crippen LogP) is 3.53. The Morgan fingerprint density at radius 2 is 1.75 bits per heavy atom. The molecule has 0 radical (unpaired) electrons. The van der Waals surface area contributed by atoms with Gasteiger partial charge in [0.2, 0.25) is 0 Å². The Hall–Kier alpha value is -3.94. The van der Waals surface area contributed by atoms with Gasteiger partial charge in [0, 0.05) is 5.56 Å². The number of anilines is 2. The number of rotatable bonds is 4. The highest BCUT2D eigenvalue weighted by atomic mass is 16.5. The third-order valence-electron chi connectivity index (χ3n) is 6.17. The number of aromatic amines is 1. The van der Waals surface area contributed by atoms with Gasteiger partial charge in [-0.3, -0.25) is 19.6 Å². The Labute approximate surface area is 184 Å². The number of nitrogens with zero attached hydrogens (tertiary/aromatic N) is 2. The summed E-state index contributed by atoms with van der Waals surface area (Å²) in [6, 6.07) is 16.5. The highest BCUT2D eigenvalue weighted by molar-refractivity contribution is 6.15. The summed E-state index contributed by atoms with van der Waals surface area (Å²) in [6.07, 6.45) is 4.25. The van der Waals surface area contributed by atoms with Crippen LogP contribution in [0.5, 0.6) is 0 Å². The van der Waals surface area contributed by atoms with Gasteiger partial charge in [0.1, 0.15) is 11.1 Å². The van der Waals surface area contributed by atoms with Crippen molar-refractivity contribution in [1.29, 1.82) is 0 Å². The van der Waals surface area contributed by atoms with Crippen LogP contribution in [-0.4, -0.2) is 40.1 Å². The SMILES string of the molecule is O=C(OCC(=O)N1c2ccccc2NC(=O)C12CCCC2)c1cn[nH]c1-c1ccccc1. The number of aromatic nitrogens is 2. The molecule has 32 heavy (non-hydrogen) atoms. The van der Waals surface area contributed by atoms with Crippen molar-refractivity contribution in [3.05, 3.63) is 66.4 Å². The number of H-pyrrole nitrogens is 1. The Kier molecular flexibility index (Phi) is 4.97. The van der Waals surface area contributed by atoms with Crippen molar-refractivity contribution in [2.45, 2.75) is 31.2 Å². The van der Waals surface area contributed by atoms with Crippen molar-refractivity contribution in [2.75, 3.05) is 16.8 Å². The molecule has 2 N–H and O–H groups in total. The predicted molar refractivity (Wildman–Crippen MR) is 118 cm³/mol. The molecule has 0 bridgehead atoms. The molecule has 2 heterocycles. The summed E-state index contributed by atoms with van der Waals surface area (Å²) in [4.78, 5) is 40.7. The molecule has 8 heteroatoms. The third-order valence-corrected chi connectivity index (χ3v) is 6.17. The van der Waals surface area contributed by atoms with Crippen LogP contribution in [0.2, 0.25) is 0 Å². The van der Waals surface area contributed by atoms with Crippen LogP contribution in [0.25, 0.3) is 11.3 Å². The van der Waals surface area contributed by atoms with Gasteiger partial charge in [0.05, 0.1) is 23.3 Å². The second-order valence-corrected chi connectivity index (χ2v) is 8.04. The lowest BCUT2D eigenvalue weighted by molar-refractivity contribution is -0.129. The van der Waals surface area contributed by atoms with Crippen LogP contribution in [0.1, 0.15) is 36.0 Å². The van der Waals surface area contributed by atoms with Gasteiger partial charge in [-0.15, -0.1) is 0 Å². The first kappa shape index (κ1) is 20.0. The first-order valence-corrected chi connectivity index (χ1v) is 10.6.